The first-order valence-electron chi connectivity index (χ1n) is 5.74. The monoisotopic (exact) mass is 276 g/mol. The van der Waals surface area contributed by atoms with Crippen molar-refractivity contribution in [3.05, 3.63) is 34.9 Å². The van der Waals surface area contributed by atoms with Crippen molar-refractivity contribution in [1.82, 2.24) is 0 Å². The highest BCUT2D eigenvalue weighted by Crippen LogP contribution is 2.25. The van der Waals surface area contributed by atoms with Crippen LogP contribution in [0.15, 0.2) is 18.2 Å². The zero-order chi connectivity index (χ0) is 13.5. The maximum Gasteiger partial charge on any atom is 0.338 e. The van der Waals surface area contributed by atoms with E-state index in [4.69, 9.17) is 16.3 Å². The van der Waals surface area contributed by atoms with Gasteiger partial charge in [0, 0.05) is 11.4 Å². The summed E-state index contributed by atoms with van der Waals surface area (Å²) in [5, 5.41) is 0. The molecule has 5 heteroatoms. The number of alkyl halides is 3. The van der Waals surface area contributed by atoms with Crippen LogP contribution in [0, 0.1) is 0 Å². The highest BCUT2D eigenvalue weighted by atomic mass is 35.5. The van der Waals surface area contributed by atoms with E-state index in [1.165, 1.54) is 12.1 Å². The van der Waals surface area contributed by atoms with Gasteiger partial charge >= 0.3 is 5.97 Å². The predicted molar refractivity (Wildman–Crippen MR) is 66.4 cm³/mol. The third-order valence-corrected chi connectivity index (χ3v) is 2.74. The summed E-state index contributed by atoms with van der Waals surface area (Å²) in [5.74, 6) is -0.161. The molecule has 0 N–H and O–H groups in total. The summed E-state index contributed by atoms with van der Waals surface area (Å²) < 4.78 is 30.6. The number of rotatable bonds is 6. The molecule has 0 amide bonds. The molecule has 0 heterocycles. The Bertz CT molecular complexity index is 408. The second kappa shape index (κ2) is 7.31. The zero-order valence-electron chi connectivity index (χ0n) is 10.1. The third kappa shape index (κ3) is 3.95. The van der Waals surface area contributed by atoms with Crippen molar-refractivity contribution < 1.29 is 18.3 Å². The predicted octanol–water partition coefficient (Wildman–Crippen LogP) is 3.97. The number of carbonyl (C=O) groups excluding carboxylic acids is 1. The van der Waals surface area contributed by atoms with Gasteiger partial charge in [-0.3, -0.25) is 0 Å². The Labute approximate surface area is 110 Å². The molecule has 0 fully saturated rings. The van der Waals surface area contributed by atoms with Crippen LogP contribution in [0.3, 0.4) is 0 Å². The van der Waals surface area contributed by atoms with E-state index < -0.39 is 12.4 Å². The van der Waals surface area contributed by atoms with Crippen molar-refractivity contribution in [2.24, 2.45) is 0 Å². The number of halogens is 3. The number of aryl methyl sites for hydroxylation is 1. The minimum absolute atomic E-state index is 0.120. The first-order valence-corrected chi connectivity index (χ1v) is 6.27. The molecule has 100 valence electrons. The quantitative estimate of drug-likeness (QED) is 0.580. The number of ether oxygens (including phenoxy) is 1. The van der Waals surface area contributed by atoms with Crippen molar-refractivity contribution in [3.8, 4) is 0 Å². The number of esters is 1. The van der Waals surface area contributed by atoms with Crippen molar-refractivity contribution >= 4 is 17.6 Å². The number of benzene rings is 1. The molecule has 0 atom stereocenters. The lowest BCUT2D eigenvalue weighted by atomic mass is 10.0. The van der Waals surface area contributed by atoms with Crippen LogP contribution in [0.2, 0.25) is 0 Å². The molecule has 1 rings (SSSR count). The van der Waals surface area contributed by atoms with E-state index in [0.29, 0.717) is 24.3 Å². The number of carbonyl (C=O) groups is 1. The summed E-state index contributed by atoms with van der Waals surface area (Å²) in [6, 6.07) is 4.25. The van der Waals surface area contributed by atoms with Crippen molar-refractivity contribution in [2.75, 3.05) is 12.5 Å². The Hall–Kier alpha value is -1.16. The first-order chi connectivity index (χ1) is 8.60. The largest absolute Gasteiger partial charge is 0.462 e. The van der Waals surface area contributed by atoms with Gasteiger partial charge in [0.15, 0.2) is 0 Å². The first kappa shape index (κ1) is 14.9. The van der Waals surface area contributed by atoms with Gasteiger partial charge in [0.2, 0.25) is 0 Å². The molecular formula is C13H15ClF2O2. The van der Waals surface area contributed by atoms with Crippen LogP contribution in [0.25, 0.3) is 0 Å². The van der Waals surface area contributed by atoms with Gasteiger partial charge in [-0.15, -0.1) is 11.6 Å². The fourth-order valence-electron chi connectivity index (χ4n) is 1.62. The van der Waals surface area contributed by atoms with Gasteiger partial charge < -0.3 is 4.74 Å². The van der Waals surface area contributed by atoms with Crippen molar-refractivity contribution in [2.45, 2.75) is 26.2 Å². The molecule has 0 aliphatic carbocycles. The van der Waals surface area contributed by atoms with Crippen molar-refractivity contribution in [1.29, 1.82) is 0 Å². The van der Waals surface area contributed by atoms with Gasteiger partial charge in [-0.2, -0.15) is 0 Å². The van der Waals surface area contributed by atoms with E-state index in [1.807, 2.05) is 0 Å². The van der Waals surface area contributed by atoms with Gasteiger partial charge in [0.25, 0.3) is 6.43 Å². The maximum atomic E-state index is 12.9. The van der Waals surface area contributed by atoms with Gasteiger partial charge in [0.1, 0.15) is 0 Å². The Morgan fingerprint density at radius 1 is 1.44 bits per heavy atom. The highest BCUT2D eigenvalue weighted by Gasteiger charge is 2.16. The van der Waals surface area contributed by atoms with Crippen LogP contribution in [-0.2, 0) is 11.2 Å². The van der Waals surface area contributed by atoms with E-state index in [0.717, 1.165) is 0 Å². The average Bonchev–Trinajstić information content (AvgIpc) is 2.36. The minimum Gasteiger partial charge on any atom is -0.462 e. The van der Waals surface area contributed by atoms with Gasteiger partial charge in [-0.05, 0) is 37.5 Å². The Kier molecular flexibility index (Phi) is 6.05. The van der Waals surface area contributed by atoms with E-state index in [1.54, 1.807) is 13.0 Å². The second-order valence-corrected chi connectivity index (χ2v) is 4.11. The molecule has 0 spiro atoms. The summed E-state index contributed by atoms with van der Waals surface area (Å²) >= 11 is 5.54. The van der Waals surface area contributed by atoms with Gasteiger partial charge in [0.05, 0.1) is 12.2 Å². The zero-order valence-corrected chi connectivity index (χ0v) is 10.8. The van der Waals surface area contributed by atoms with E-state index >= 15 is 0 Å². The fraction of sp³-hybridized carbons (Fsp3) is 0.462. The van der Waals surface area contributed by atoms with Crippen LogP contribution < -0.4 is 0 Å². The Balaban J connectivity index is 2.99. The minimum atomic E-state index is -2.61. The molecule has 2 nitrogen and oxygen atoms in total. The van der Waals surface area contributed by atoms with Gasteiger partial charge in [-0.25, -0.2) is 13.6 Å². The molecule has 0 radical (unpaired) electrons. The highest BCUT2D eigenvalue weighted by molar-refractivity contribution is 6.17. The molecule has 0 bridgehead atoms. The van der Waals surface area contributed by atoms with E-state index in [2.05, 4.69) is 0 Å². The molecule has 0 unspecified atom stereocenters. The lowest BCUT2D eigenvalue weighted by molar-refractivity contribution is 0.0526. The standard InChI is InChI=1S/C13H15ClF2O2/c1-2-18-13(17)10-6-5-9(4-3-7-14)11(8-10)12(15)16/h5-6,8,12H,2-4,7H2,1H3. The van der Waals surface area contributed by atoms with Gasteiger partial charge in [-0.1, -0.05) is 6.07 Å². The lowest BCUT2D eigenvalue weighted by Gasteiger charge is -2.10. The van der Waals surface area contributed by atoms with Crippen LogP contribution in [0.4, 0.5) is 8.78 Å². The topological polar surface area (TPSA) is 26.3 Å². The molecule has 0 aliphatic rings. The molecular weight excluding hydrogens is 262 g/mol. The van der Waals surface area contributed by atoms with Crippen LogP contribution >= 0.6 is 11.6 Å². The average molecular weight is 277 g/mol. The molecule has 0 saturated heterocycles. The second-order valence-electron chi connectivity index (χ2n) is 3.73. The van der Waals surface area contributed by atoms with Crippen LogP contribution in [0.5, 0.6) is 0 Å². The summed E-state index contributed by atoms with van der Waals surface area (Å²) in [7, 11) is 0. The summed E-state index contributed by atoms with van der Waals surface area (Å²) in [6.07, 6.45) is -1.50. The smallest absolute Gasteiger partial charge is 0.338 e. The summed E-state index contributed by atoms with van der Waals surface area (Å²) in [4.78, 5) is 11.5. The number of hydrogen-bond donors (Lipinski definition) is 0. The SMILES string of the molecule is CCOC(=O)c1ccc(CCCCl)c(C(F)F)c1. The fourth-order valence-corrected chi connectivity index (χ4v) is 1.76. The molecule has 0 saturated carbocycles. The third-order valence-electron chi connectivity index (χ3n) is 2.47. The normalized spacial score (nSPS) is 10.7. The summed E-state index contributed by atoms with van der Waals surface area (Å²) in [6.45, 7) is 1.89. The van der Waals surface area contributed by atoms with E-state index in [9.17, 15) is 13.6 Å². The maximum absolute atomic E-state index is 12.9. The molecule has 1 aromatic rings. The Morgan fingerprint density at radius 3 is 2.72 bits per heavy atom. The van der Waals surface area contributed by atoms with Crippen LogP contribution in [-0.4, -0.2) is 18.5 Å². The Morgan fingerprint density at radius 2 is 2.17 bits per heavy atom. The van der Waals surface area contributed by atoms with E-state index in [-0.39, 0.29) is 17.7 Å². The molecule has 0 aliphatic heterocycles. The van der Waals surface area contributed by atoms with Crippen molar-refractivity contribution in [3.63, 3.8) is 0 Å². The summed E-state index contributed by atoms with van der Waals surface area (Å²) in [5.41, 5.74) is 0.561. The lowest BCUT2D eigenvalue weighted by Crippen LogP contribution is -2.06. The molecule has 18 heavy (non-hydrogen) atoms. The molecule has 0 aromatic heterocycles. The number of hydrogen-bond acceptors (Lipinski definition) is 2. The van der Waals surface area contributed by atoms with Crippen LogP contribution in [0.1, 0.15) is 41.3 Å². The molecule has 1 aromatic carbocycles.